The van der Waals surface area contributed by atoms with Crippen molar-refractivity contribution in [3.05, 3.63) is 35.1 Å². The van der Waals surface area contributed by atoms with Crippen molar-refractivity contribution in [2.45, 2.75) is 27.2 Å². The summed E-state index contributed by atoms with van der Waals surface area (Å²) in [6.07, 6.45) is 6.57. The first-order valence-electron chi connectivity index (χ1n) is 4.97. The fraction of sp³-hybridized carbons (Fsp3) is 0.500. The Morgan fingerprint density at radius 2 is 2.07 bits per heavy atom. The summed E-state index contributed by atoms with van der Waals surface area (Å²) in [5, 5.41) is 3.12. The highest BCUT2D eigenvalue weighted by Crippen LogP contribution is 2.13. The normalized spacial score (nSPS) is 14.5. The molecule has 0 unspecified atom stereocenters. The van der Waals surface area contributed by atoms with Crippen LogP contribution in [0.2, 0.25) is 0 Å². The lowest BCUT2D eigenvalue weighted by molar-refractivity contribution is 0.560. The molecule has 2 heteroatoms. The Bertz CT molecular complexity index is 249. The van der Waals surface area contributed by atoms with Crippen LogP contribution >= 0.6 is 0 Å². The van der Waals surface area contributed by atoms with E-state index in [1.165, 1.54) is 5.57 Å². The summed E-state index contributed by atoms with van der Waals surface area (Å²) >= 11 is 0. The Kier molecular flexibility index (Phi) is 6.81. The number of nitrogens with one attached hydrogen (secondary N) is 1. The number of rotatable bonds is 5. The molecule has 0 bridgehead atoms. The lowest BCUT2D eigenvalue weighted by Gasteiger charge is -2.09. The fourth-order valence-corrected chi connectivity index (χ4v) is 1.32. The minimum absolute atomic E-state index is 0.399. The third-order valence-corrected chi connectivity index (χ3v) is 2.09. The summed E-state index contributed by atoms with van der Waals surface area (Å²) in [5.41, 5.74) is 3.29. The average molecular weight is 197 g/mol. The zero-order chi connectivity index (χ0) is 11.0. The van der Waals surface area contributed by atoms with Crippen molar-refractivity contribution in [3.8, 4) is 0 Å². The molecule has 1 nitrogen and oxygen atoms in total. The second-order valence-electron chi connectivity index (χ2n) is 3.08. The van der Waals surface area contributed by atoms with Gasteiger partial charge in [-0.3, -0.25) is 0 Å². The van der Waals surface area contributed by atoms with E-state index in [-0.39, 0.29) is 0 Å². The summed E-state index contributed by atoms with van der Waals surface area (Å²) < 4.78 is 12.0. The average Bonchev–Trinajstić information content (AvgIpc) is 2.18. The van der Waals surface area contributed by atoms with Gasteiger partial charge in [0.25, 0.3) is 0 Å². The van der Waals surface area contributed by atoms with Crippen molar-refractivity contribution >= 4 is 0 Å². The molecule has 0 aliphatic heterocycles. The van der Waals surface area contributed by atoms with Crippen LogP contribution in [0.1, 0.15) is 27.2 Å². The van der Waals surface area contributed by atoms with E-state index in [0.29, 0.717) is 0 Å². The van der Waals surface area contributed by atoms with Gasteiger partial charge in [0.05, 0.1) is 0 Å². The van der Waals surface area contributed by atoms with Gasteiger partial charge in [-0.15, -0.1) is 0 Å². The zero-order valence-corrected chi connectivity index (χ0v) is 9.52. The Balaban J connectivity index is 4.79. The van der Waals surface area contributed by atoms with E-state index in [0.717, 1.165) is 17.7 Å². The predicted octanol–water partition coefficient (Wildman–Crippen LogP) is 3.36. The number of likely N-dealkylation sites (N-methyl/N-ethyl adjacent to an activating group) is 1. The van der Waals surface area contributed by atoms with Crippen LogP contribution < -0.4 is 5.32 Å². The van der Waals surface area contributed by atoms with E-state index < -0.39 is 6.67 Å². The molecule has 0 heterocycles. The molecule has 0 saturated heterocycles. The first-order valence-corrected chi connectivity index (χ1v) is 4.97. The molecule has 0 aliphatic rings. The molecule has 14 heavy (non-hydrogen) atoms. The van der Waals surface area contributed by atoms with Crippen LogP contribution in [0.3, 0.4) is 0 Å². The van der Waals surface area contributed by atoms with Gasteiger partial charge >= 0.3 is 0 Å². The lowest BCUT2D eigenvalue weighted by Crippen LogP contribution is -2.07. The van der Waals surface area contributed by atoms with Gasteiger partial charge in [0, 0.05) is 12.7 Å². The Morgan fingerprint density at radius 1 is 1.43 bits per heavy atom. The second-order valence-corrected chi connectivity index (χ2v) is 3.08. The number of alkyl halides is 1. The highest BCUT2D eigenvalue weighted by Gasteiger charge is 1.99. The minimum Gasteiger partial charge on any atom is -0.388 e. The standard InChI is InChI=1S/C12H20FN/c1-5-11(12(6-2)14-4)9-10(3)7-8-13/h6-7,9,14H,5,8H2,1-4H3/b10-7-,11-9-,12-6+. The molecular weight excluding hydrogens is 177 g/mol. The Morgan fingerprint density at radius 3 is 2.43 bits per heavy atom. The highest BCUT2D eigenvalue weighted by atomic mass is 19.1. The maximum Gasteiger partial charge on any atom is 0.108 e. The number of halogens is 1. The van der Waals surface area contributed by atoms with Crippen LogP contribution in [0.4, 0.5) is 4.39 Å². The van der Waals surface area contributed by atoms with E-state index in [4.69, 9.17) is 0 Å². The van der Waals surface area contributed by atoms with Crippen LogP contribution in [-0.4, -0.2) is 13.7 Å². The van der Waals surface area contributed by atoms with Crippen LogP contribution in [0.25, 0.3) is 0 Å². The fourth-order valence-electron chi connectivity index (χ4n) is 1.32. The van der Waals surface area contributed by atoms with E-state index in [1.807, 2.05) is 33.0 Å². The number of allylic oxidation sites excluding steroid dienone is 5. The largest absolute Gasteiger partial charge is 0.388 e. The molecule has 0 amide bonds. The Hall–Kier alpha value is -1.05. The van der Waals surface area contributed by atoms with E-state index in [1.54, 1.807) is 6.08 Å². The van der Waals surface area contributed by atoms with Crippen molar-refractivity contribution in [2.24, 2.45) is 0 Å². The molecule has 1 N–H and O–H groups in total. The molecule has 0 aromatic heterocycles. The molecule has 0 aliphatic carbocycles. The lowest BCUT2D eigenvalue weighted by atomic mass is 10.1. The van der Waals surface area contributed by atoms with E-state index in [9.17, 15) is 4.39 Å². The van der Waals surface area contributed by atoms with Crippen molar-refractivity contribution in [2.75, 3.05) is 13.7 Å². The molecule has 0 fully saturated rings. The third kappa shape index (κ3) is 4.26. The molecule has 0 rings (SSSR count). The summed E-state index contributed by atoms with van der Waals surface area (Å²) in [6.45, 7) is 5.60. The van der Waals surface area contributed by atoms with E-state index in [2.05, 4.69) is 12.2 Å². The van der Waals surface area contributed by atoms with Gasteiger partial charge in [0.2, 0.25) is 0 Å². The summed E-state index contributed by atoms with van der Waals surface area (Å²) in [6, 6.07) is 0. The quantitative estimate of drug-likeness (QED) is 0.666. The topological polar surface area (TPSA) is 12.0 Å². The minimum atomic E-state index is -0.399. The first-order chi connectivity index (χ1) is 6.69. The first kappa shape index (κ1) is 12.9. The van der Waals surface area contributed by atoms with Gasteiger partial charge < -0.3 is 5.32 Å². The van der Waals surface area contributed by atoms with Crippen LogP contribution in [0.15, 0.2) is 35.1 Å². The van der Waals surface area contributed by atoms with Crippen molar-refractivity contribution < 1.29 is 4.39 Å². The molecule has 0 saturated carbocycles. The van der Waals surface area contributed by atoms with Crippen LogP contribution in [-0.2, 0) is 0 Å². The maximum atomic E-state index is 12.0. The van der Waals surface area contributed by atoms with Gasteiger partial charge in [-0.1, -0.05) is 30.7 Å². The summed E-state index contributed by atoms with van der Waals surface area (Å²) in [4.78, 5) is 0. The zero-order valence-electron chi connectivity index (χ0n) is 9.52. The molecule has 0 aromatic carbocycles. The highest BCUT2D eigenvalue weighted by molar-refractivity contribution is 5.35. The van der Waals surface area contributed by atoms with Gasteiger partial charge in [0.15, 0.2) is 0 Å². The van der Waals surface area contributed by atoms with Crippen molar-refractivity contribution in [3.63, 3.8) is 0 Å². The van der Waals surface area contributed by atoms with Gasteiger partial charge in [-0.05, 0) is 25.8 Å². The third-order valence-electron chi connectivity index (χ3n) is 2.09. The van der Waals surface area contributed by atoms with Crippen molar-refractivity contribution in [1.29, 1.82) is 0 Å². The number of hydrogen-bond acceptors (Lipinski definition) is 1. The smallest absolute Gasteiger partial charge is 0.108 e. The molecular formula is C12H20FN. The maximum absolute atomic E-state index is 12.0. The number of hydrogen-bond donors (Lipinski definition) is 1. The molecule has 0 spiro atoms. The molecule has 0 radical (unpaired) electrons. The van der Waals surface area contributed by atoms with Crippen LogP contribution in [0, 0.1) is 0 Å². The van der Waals surface area contributed by atoms with Gasteiger partial charge in [-0.2, -0.15) is 0 Å². The van der Waals surface area contributed by atoms with Gasteiger partial charge in [-0.25, -0.2) is 4.39 Å². The SMILES string of the molecule is C\C=C(NC)/C(=C\C(C)=C/CF)CC. The van der Waals surface area contributed by atoms with Crippen molar-refractivity contribution in [1.82, 2.24) is 5.32 Å². The van der Waals surface area contributed by atoms with E-state index >= 15 is 0 Å². The van der Waals surface area contributed by atoms with Gasteiger partial charge in [0.1, 0.15) is 6.67 Å². The summed E-state index contributed by atoms with van der Waals surface area (Å²) in [7, 11) is 1.90. The second kappa shape index (κ2) is 7.36. The van der Waals surface area contributed by atoms with Crippen LogP contribution in [0.5, 0.6) is 0 Å². The molecule has 80 valence electrons. The molecule has 0 aromatic rings. The monoisotopic (exact) mass is 197 g/mol. The predicted molar refractivity (Wildman–Crippen MR) is 60.9 cm³/mol. The molecule has 0 atom stereocenters. The Labute approximate surface area is 86.4 Å². The summed E-state index contributed by atoms with van der Waals surface area (Å²) in [5.74, 6) is 0.